The molecule has 150 valence electrons. The Morgan fingerprint density at radius 2 is 1.39 bits per heavy atom. The minimum absolute atomic E-state index is 0. The molecule has 0 spiro atoms. The number of carbonyl (C=O) groups is 1. The van der Waals surface area contributed by atoms with E-state index in [1.54, 1.807) is 0 Å². The summed E-state index contributed by atoms with van der Waals surface area (Å²) in [7, 11) is -10.1. The Labute approximate surface area is 221 Å². The average molecular weight is 480 g/mol. The van der Waals surface area contributed by atoms with Crippen LogP contribution in [0.1, 0.15) is 10.4 Å². The number of nitrogens with zero attached hydrogens (tertiary/aromatic N) is 2. The second kappa shape index (κ2) is 10.6. The Hall–Kier alpha value is -1.19. The number of aldehydes is 1. The molecular weight excluding hydrogens is 470 g/mol. The third kappa shape index (κ3) is 6.65. The second-order valence-electron chi connectivity index (χ2n) is 5.80. The summed E-state index contributed by atoms with van der Waals surface area (Å²) in [6, 6.07) is 9.14. The smallest absolute Gasteiger partial charge is 0.744 e. The van der Waals surface area contributed by atoms with Gasteiger partial charge in [-0.2, -0.15) is 10.2 Å². The predicted octanol–water partition coefficient (Wildman–Crippen LogP) is -3.41. The van der Waals surface area contributed by atoms with Crippen molar-refractivity contribution in [1.29, 1.82) is 0 Å². The maximum absolute atomic E-state index is 11.5. The Morgan fingerprint density at radius 1 is 0.806 bits per heavy atom. The molecule has 10 nitrogen and oxygen atoms in total. The molecule has 0 saturated heterocycles. The molecule has 1 N–H and O–H groups in total. The molecule has 0 aromatic heterocycles. The van der Waals surface area contributed by atoms with Crippen molar-refractivity contribution in [1.82, 2.24) is 0 Å². The average Bonchev–Trinajstić information content (AvgIpc) is 2.64. The van der Waals surface area contributed by atoms with Crippen molar-refractivity contribution in [2.45, 2.75) is 9.79 Å². The van der Waals surface area contributed by atoms with Crippen molar-refractivity contribution < 1.29 is 95.0 Å². The van der Waals surface area contributed by atoms with Crippen LogP contribution >= 0.6 is 0 Å². The topological polar surface area (TPSA) is 176 Å². The van der Waals surface area contributed by atoms with Gasteiger partial charge in [0, 0.05) is 0 Å². The van der Waals surface area contributed by atoms with Gasteiger partial charge >= 0.3 is 59.1 Å². The zero-order valence-corrected chi connectivity index (χ0v) is 21.8. The number of aromatic hydroxyl groups is 1. The number of phenolic OH excluding ortho intramolecular Hbond substituents is 1. The maximum atomic E-state index is 11.5. The van der Waals surface area contributed by atoms with Gasteiger partial charge < -0.3 is 14.2 Å². The fourth-order valence-corrected chi connectivity index (χ4v) is 3.86. The summed E-state index contributed by atoms with van der Waals surface area (Å²) in [5.74, 6) is -0.234. The maximum Gasteiger partial charge on any atom is 1.00 e. The van der Waals surface area contributed by atoms with Crippen LogP contribution in [-0.4, -0.2) is 37.3 Å². The SMILES string of the molecule is O=Cc1cc(N=Nc2ccc3c(S(=O)(=O)[O-])cc(S(=O)(=O)[O-])cc3c2)ccc1O.[Na+].[Na+]. The summed E-state index contributed by atoms with van der Waals surface area (Å²) in [6.07, 6.45) is 0.431. The standard InChI is InChI=1S/C17H12N2O8S2.2Na/c20-9-11-6-13(2-4-16(11)21)19-18-12-1-3-15-10(5-12)7-14(28(22,23)24)8-17(15)29(25,26)27;;/h1-9,21H,(H,22,23,24)(H,25,26,27);;/q;2*+1/p-2. The summed E-state index contributed by atoms with van der Waals surface area (Å²) < 4.78 is 68.3. The fraction of sp³-hybridized carbons (Fsp3) is 0. The number of hydrogen-bond acceptors (Lipinski definition) is 10. The largest absolute Gasteiger partial charge is 1.00 e. The molecule has 0 fully saturated rings. The van der Waals surface area contributed by atoms with Crippen LogP contribution in [0.2, 0.25) is 0 Å². The first kappa shape index (κ1) is 27.8. The van der Waals surface area contributed by atoms with Crippen molar-refractivity contribution in [3.05, 3.63) is 54.1 Å². The predicted molar refractivity (Wildman–Crippen MR) is 97.5 cm³/mol. The molecule has 0 aliphatic carbocycles. The Balaban J connectivity index is 0.00000240. The Bertz CT molecular complexity index is 1390. The van der Waals surface area contributed by atoms with E-state index in [-0.39, 0.29) is 92.6 Å². The molecule has 3 rings (SSSR count). The zero-order chi connectivity index (χ0) is 21.4. The third-order valence-electron chi connectivity index (χ3n) is 3.85. The summed E-state index contributed by atoms with van der Waals surface area (Å²) in [4.78, 5) is 9.13. The third-order valence-corrected chi connectivity index (χ3v) is 5.54. The first-order valence-corrected chi connectivity index (χ1v) is 10.5. The summed E-state index contributed by atoms with van der Waals surface area (Å²) >= 11 is 0. The van der Waals surface area contributed by atoms with E-state index in [2.05, 4.69) is 10.2 Å². The van der Waals surface area contributed by atoms with Crippen molar-refractivity contribution >= 4 is 48.7 Å². The normalized spacial score (nSPS) is 11.7. The van der Waals surface area contributed by atoms with E-state index in [1.165, 1.54) is 36.4 Å². The van der Waals surface area contributed by atoms with Gasteiger partial charge in [0.05, 0.1) is 26.7 Å². The molecule has 31 heavy (non-hydrogen) atoms. The molecule has 0 saturated carbocycles. The number of benzene rings is 3. The molecule has 3 aromatic rings. The van der Waals surface area contributed by atoms with Crippen LogP contribution in [0.4, 0.5) is 11.4 Å². The van der Waals surface area contributed by atoms with Gasteiger partial charge in [-0.1, -0.05) is 6.07 Å². The van der Waals surface area contributed by atoms with Gasteiger partial charge in [-0.15, -0.1) is 0 Å². The summed E-state index contributed by atoms with van der Waals surface area (Å²) in [6.45, 7) is 0. The van der Waals surface area contributed by atoms with Gasteiger partial charge in [0.1, 0.15) is 26.0 Å². The molecule has 0 heterocycles. The van der Waals surface area contributed by atoms with Crippen molar-refractivity contribution in [3.8, 4) is 5.75 Å². The minimum atomic E-state index is -5.06. The minimum Gasteiger partial charge on any atom is -0.744 e. The zero-order valence-electron chi connectivity index (χ0n) is 16.2. The Morgan fingerprint density at radius 3 is 1.94 bits per heavy atom. The number of hydrogen-bond donors (Lipinski definition) is 1. The molecule has 3 aromatic carbocycles. The Kier molecular flexibility index (Phi) is 9.54. The fourth-order valence-electron chi connectivity index (χ4n) is 2.52. The number of carbonyl (C=O) groups excluding carboxylic acids is 1. The molecule has 14 heteroatoms. The van der Waals surface area contributed by atoms with Gasteiger partial charge in [-0.3, -0.25) is 4.79 Å². The van der Waals surface area contributed by atoms with E-state index in [0.29, 0.717) is 12.4 Å². The van der Waals surface area contributed by atoms with E-state index in [4.69, 9.17) is 0 Å². The van der Waals surface area contributed by atoms with Crippen LogP contribution in [0.3, 0.4) is 0 Å². The van der Waals surface area contributed by atoms with Crippen LogP contribution in [0.25, 0.3) is 10.8 Å². The van der Waals surface area contributed by atoms with E-state index in [0.717, 1.165) is 6.07 Å². The van der Waals surface area contributed by atoms with Crippen molar-refractivity contribution in [2.24, 2.45) is 10.2 Å². The molecule has 0 aliphatic rings. The second-order valence-corrected chi connectivity index (χ2v) is 8.52. The van der Waals surface area contributed by atoms with E-state index < -0.39 is 30.0 Å². The van der Waals surface area contributed by atoms with Gasteiger partial charge in [-0.05, 0) is 53.2 Å². The van der Waals surface area contributed by atoms with Crippen LogP contribution in [0.5, 0.6) is 5.75 Å². The molecular formula is C17H10N2Na2O8S2. The molecule has 0 aliphatic heterocycles. The van der Waals surface area contributed by atoms with E-state index in [9.17, 15) is 35.8 Å². The van der Waals surface area contributed by atoms with Crippen LogP contribution in [0.15, 0.2) is 68.6 Å². The summed E-state index contributed by atoms with van der Waals surface area (Å²) in [5, 5.41) is 17.1. The van der Waals surface area contributed by atoms with E-state index >= 15 is 0 Å². The van der Waals surface area contributed by atoms with Gasteiger partial charge in [-0.25, -0.2) is 16.8 Å². The quantitative estimate of drug-likeness (QED) is 0.170. The monoisotopic (exact) mass is 480 g/mol. The molecule has 0 bridgehead atoms. The van der Waals surface area contributed by atoms with Crippen molar-refractivity contribution in [3.63, 3.8) is 0 Å². The molecule has 0 radical (unpaired) electrons. The van der Waals surface area contributed by atoms with Gasteiger partial charge in [0.2, 0.25) is 0 Å². The summed E-state index contributed by atoms with van der Waals surface area (Å²) in [5.41, 5.74) is 0.368. The first-order chi connectivity index (χ1) is 13.5. The molecule has 0 atom stereocenters. The van der Waals surface area contributed by atoms with Crippen LogP contribution < -0.4 is 59.1 Å². The van der Waals surface area contributed by atoms with Gasteiger partial charge in [0.25, 0.3) is 0 Å². The molecule has 0 amide bonds. The number of phenols is 1. The number of rotatable bonds is 5. The van der Waals surface area contributed by atoms with Crippen LogP contribution in [0, 0.1) is 0 Å². The van der Waals surface area contributed by atoms with Crippen LogP contribution in [-0.2, 0) is 20.2 Å². The van der Waals surface area contributed by atoms with Crippen molar-refractivity contribution in [2.75, 3.05) is 0 Å². The van der Waals surface area contributed by atoms with E-state index in [1.807, 2.05) is 0 Å². The first-order valence-electron chi connectivity index (χ1n) is 7.68. The number of fused-ring (bicyclic) bond motifs is 1. The molecule has 0 unspecified atom stereocenters. The number of azo groups is 1. The van der Waals surface area contributed by atoms with Gasteiger partial charge in [0.15, 0.2) is 6.29 Å².